The monoisotopic (exact) mass is 370 g/mol. The van der Waals surface area contributed by atoms with E-state index >= 15 is 0 Å². The maximum Gasteiger partial charge on any atom is 0.160 e. The number of nitrogens with zero attached hydrogens (tertiary/aromatic N) is 4. The molecule has 0 unspecified atom stereocenters. The van der Waals surface area contributed by atoms with E-state index in [0.717, 1.165) is 44.9 Å². The maximum atomic E-state index is 6.47. The Morgan fingerprint density at radius 3 is 2.72 bits per heavy atom. The van der Waals surface area contributed by atoms with Crippen molar-refractivity contribution in [2.75, 3.05) is 0 Å². The van der Waals surface area contributed by atoms with Crippen LogP contribution in [0.25, 0.3) is 5.00 Å². The molecule has 4 nitrogen and oxygen atoms in total. The number of hydrogen-bond acceptors (Lipinski definition) is 4. The summed E-state index contributed by atoms with van der Waals surface area (Å²) >= 11 is 8.26. The summed E-state index contributed by atoms with van der Waals surface area (Å²) in [7, 11) is 0. The smallest absolute Gasteiger partial charge is 0.160 e. The van der Waals surface area contributed by atoms with E-state index in [1.165, 1.54) is 4.88 Å². The highest BCUT2D eigenvalue weighted by Crippen LogP contribution is 2.35. The zero-order chi connectivity index (χ0) is 17.6. The number of benzene rings is 1. The molecule has 6 heteroatoms. The number of aryl methyl sites for hydroxylation is 1. The molecule has 128 valence electrons. The van der Waals surface area contributed by atoms with Gasteiger partial charge in [0.2, 0.25) is 0 Å². The van der Waals surface area contributed by atoms with Gasteiger partial charge < -0.3 is 0 Å². The molecule has 3 heterocycles. The second kappa shape index (κ2) is 6.39. The lowest BCUT2D eigenvalue weighted by Gasteiger charge is -2.11. The van der Waals surface area contributed by atoms with E-state index in [2.05, 4.69) is 41.6 Å². The molecule has 1 aliphatic rings. The van der Waals surface area contributed by atoms with Crippen molar-refractivity contribution >= 4 is 28.6 Å². The molecule has 1 aliphatic heterocycles. The summed E-state index contributed by atoms with van der Waals surface area (Å²) in [6.07, 6.45) is 0.988. The minimum atomic E-state index is 0.295. The quantitative estimate of drug-likeness (QED) is 0.649. The summed E-state index contributed by atoms with van der Waals surface area (Å²) in [5.41, 5.74) is 3.03. The van der Waals surface area contributed by atoms with Crippen molar-refractivity contribution in [3.8, 4) is 5.00 Å². The molecule has 0 N–H and O–H groups in total. The lowest BCUT2D eigenvalue weighted by atomic mass is 10.0. The molecule has 0 aliphatic carbocycles. The highest BCUT2D eigenvalue weighted by atomic mass is 35.5. The van der Waals surface area contributed by atoms with Crippen molar-refractivity contribution in [3.05, 3.63) is 63.0 Å². The first-order valence-corrected chi connectivity index (χ1v) is 9.66. The number of hydrogen-bond donors (Lipinski definition) is 0. The van der Waals surface area contributed by atoms with Gasteiger partial charge in [0, 0.05) is 26.9 Å². The van der Waals surface area contributed by atoms with Gasteiger partial charge in [0.15, 0.2) is 5.82 Å². The number of halogens is 1. The first kappa shape index (κ1) is 16.5. The molecular formula is C19H19ClN4S. The molecule has 0 atom stereocenters. The maximum absolute atomic E-state index is 6.47. The van der Waals surface area contributed by atoms with Gasteiger partial charge in [-0.2, -0.15) is 0 Å². The fourth-order valence-electron chi connectivity index (χ4n) is 3.09. The Balaban J connectivity index is 1.98. The van der Waals surface area contributed by atoms with Gasteiger partial charge in [0.1, 0.15) is 17.4 Å². The topological polar surface area (TPSA) is 43.1 Å². The van der Waals surface area contributed by atoms with E-state index in [0.29, 0.717) is 12.5 Å². The first-order valence-electron chi connectivity index (χ1n) is 8.47. The predicted molar refractivity (Wildman–Crippen MR) is 103 cm³/mol. The van der Waals surface area contributed by atoms with Gasteiger partial charge in [-0.1, -0.05) is 50.6 Å². The number of rotatable bonds is 3. The number of fused-ring (bicyclic) bond motifs is 3. The predicted octanol–water partition coefficient (Wildman–Crippen LogP) is 5.02. The first-order chi connectivity index (χ1) is 12.1. The van der Waals surface area contributed by atoms with Crippen molar-refractivity contribution in [1.29, 1.82) is 0 Å². The Morgan fingerprint density at radius 2 is 2.00 bits per heavy atom. The molecule has 0 radical (unpaired) electrons. The highest BCUT2D eigenvalue weighted by Gasteiger charge is 2.26. The van der Waals surface area contributed by atoms with Crippen LogP contribution in [-0.4, -0.2) is 20.5 Å². The summed E-state index contributed by atoms with van der Waals surface area (Å²) in [6, 6.07) is 10.1. The minimum Gasteiger partial charge on any atom is -0.276 e. The van der Waals surface area contributed by atoms with Crippen LogP contribution in [-0.2, 0) is 13.0 Å². The van der Waals surface area contributed by atoms with Crippen molar-refractivity contribution in [2.24, 2.45) is 4.99 Å². The number of aliphatic imine (C=N–C) groups is 1. The van der Waals surface area contributed by atoms with Gasteiger partial charge >= 0.3 is 0 Å². The fourth-order valence-corrected chi connectivity index (χ4v) is 4.44. The normalized spacial score (nSPS) is 13.4. The summed E-state index contributed by atoms with van der Waals surface area (Å²) in [5.74, 6) is 2.16. The van der Waals surface area contributed by atoms with Crippen molar-refractivity contribution in [2.45, 2.75) is 39.7 Å². The average molecular weight is 371 g/mol. The molecule has 0 fully saturated rings. The van der Waals surface area contributed by atoms with Crippen LogP contribution in [0.4, 0.5) is 0 Å². The van der Waals surface area contributed by atoms with Crippen LogP contribution in [0.5, 0.6) is 0 Å². The lowest BCUT2D eigenvalue weighted by Crippen LogP contribution is -2.07. The van der Waals surface area contributed by atoms with Crippen LogP contribution in [0.3, 0.4) is 0 Å². The zero-order valence-electron chi connectivity index (χ0n) is 14.5. The van der Waals surface area contributed by atoms with Crippen molar-refractivity contribution < 1.29 is 0 Å². The standard InChI is InChI=1S/C19H19ClN4S/c1-4-12-9-14-17(13-7-5-6-8-15(13)20)21-10-16-22-23-18(11(2)3)24(16)19(14)25-12/h5-9,11H,4,10H2,1-3H3. The SMILES string of the molecule is CCc1cc2c(s1)-n1c(nnc1C(C)C)CN=C2c1ccccc1Cl. The van der Waals surface area contributed by atoms with Crippen LogP contribution in [0.1, 0.15) is 54.3 Å². The van der Waals surface area contributed by atoms with Crippen LogP contribution in [0, 0.1) is 0 Å². The largest absolute Gasteiger partial charge is 0.276 e. The summed E-state index contributed by atoms with van der Waals surface area (Å²) in [5, 5.41) is 10.7. The summed E-state index contributed by atoms with van der Waals surface area (Å²) in [6.45, 7) is 6.97. The average Bonchev–Trinajstić information content (AvgIpc) is 3.17. The third-order valence-electron chi connectivity index (χ3n) is 4.35. The molecule has 0 amide bonds. The molecule has 0 spiro atoms. The molecule has 2 aromatic heterocycles. The van der Waals surface area contributed by atoms with E-state index in [-0.39, 0.29) is 0 Å². The molecule has 3 aromatic rings. The zero-order valence-corrected chi connectivity index (χ0v) is 16.0. The Hall–Kier alpha value is -1.98. The Morgan fingerprint density at radius 1 is 1.20 bits per heavy atom. The highest BCUT2D eigenvalue weighted by molar-refractivity contribution is 7.15. The molecule has 4 rings (SSSR count). The van der Waals surface area contributed by atoms with Crippen molar-refractivity contribution in [3.63, 3.8) is 0 Å². The molecule has 25 heavy (non-hydrogen) atoms. The van der Waals surface area contributed by atoms with Crippen molar-refractivity contribution in [1.82, 2.24) is 14.8 Å². The summed E-state index contributed by atoms with van der Waals surface area (Å²) in [4.78, 5) is 6.19. The van der Waals surface area contributed by atoms with Gasteiger partial charge in [-0.25, -0.2) is 0 Å². The Kier molecular flexibility index (Phi) is 4.21. The number of thiophene rings is 1. The molecule has 0 bridgehead atoms. The van der Waals surface area contributed by atoms with Crippen LogP contribution in [0.2, 0.25) is 5.02 Å². The summed E-state index contributed by atoms with van der Waals surface area (Å²) < 4.78 is 2.19. The van der Waals surface area contributed by atoms with Gasteiger partial charge in [-0.05, 0) is 18.6 Å². The van der Waals surface area contributed by atoms with E-state index in [1.54, 1.807) is 11.3 Å². The van der Waals surface area contributed by atoms with Gasteiger partial charge in [-0.15, -0.1) is 21.5 Å². The van der Waals surface area contributed by atoms with Crippen LogP contribution in [0.15, 0.2) is 35.3 Å². The van der Waals surface area contributed by atoms with Crippen LogP contribution >= 0.6 is 22.9 Å². The fraction of sp³-hybridized carbons (Fsp3) is 0.316. The third-order valence-corrected chi connectivity index (χ3v) is 5.94. The van der Waals surface area contributed by atoms with Crippen LogP contribution < -0.4 is 0 Å². The minimum absolute atomic E-state index is 0.295. The Labute approximate surface area is 156 Å². The molecular weight excluding hydrogens is 352 g/mol. The van der Waals surface area contributed by atoms with E-state index in [9.17, 15) is 0 Å². The lowest BCUT2D eigenvalue weighted by molar-refractivity contribution is 0.741. The Bertz CT molecular complexity index is 968. The molecule has 0 saturated heterocycles. The third kappa shape index (κ3) is 2.71. The molecule has 0 saturated carbocycles. The second-order valence-electron chi connectivity index (χ2n) is 6.39. The molecule has 1 aromatic carbocycles. The second-order valence-corrected chi connectivity index (χ2v) is 7.92. The van der Waals surface area contributed by atoms with Gasteiger partial charge in [-0.3, -0.25) is 9.56 Å². The van der Waals surface area contributed by atoms with Gasteiger partial charge in [0.05, 0.1) is 5.71 Å². The van der Waals surface area contributed by atoms with E-state index in [1.807, 2.05) is 24.3 Å². The van der Waals surface area contributed by atoms with Gasteiger partial charge in [0.25, 0.3) is 0 Å². The number of aromatic nitrogens is 3. The van der Waals surface area contributed by atoms with E-state index in [4.69, 9.17) is 16.6 Å². The van der Waals surface area contributed by atoms with E-state index < -0.39 is 0 Å².